The van der Waals surface area contributed by atoms with Crippen molar-refractivity contribution in [3.05, 3.63) is 30.9 Å². The van der Waals surface area contributed by atoms with Crippen molar-refractivity contribution < 1.29 is 9.53 Å². The van der Waals surface area contributed by atoms with Crippen LogP contribution in [0.4, 0.5) is 11.4 Å². The third-order valence-corrected chi connectivity index (χ3v) is 4.32. The summed E-state index contributed by atoms with van der Waals surface area (Å²) in [7, 11) is 5.79. The largest absolute Gasteiger partial charge is 0.496 e. The molecule has 0 unspecified atom stereocenters. The van der Waals surface area contributed by atoms with Crippen LogP contribution in [0.15, 0.2) is 24.8 Å². The number of ether oxygens (including phenoxy) is 1. The fraction of sp³-hybridized carbons (Fsp3) is 0.500. The highest BCUT2D eigenvalue weighted by Gasteiger charge is 2.16. The maximum Gasteiger partial charge on any atom is 0.247 e. The second-order valence-electron chi connectivity index (χ2n) is 6.06. The van der Waals surface area contributed by atoms with Crippen LogP contribution in [-0.2, 0) is 4.79 Å². The molecule has 6 heteroatoms. The molecule has 1 aromatic rings. The number of benzene rings is 1. The maximum absolute atomic E-state index is 11.6. The van der Waals surface area contributed by atoms with E-state index in [2.05, 4.69) is 39.7 Å². The third kappa shape index (κ3) is 4.97. The second kappa shape index (κ2) is 8.70. The molecule has 1 aromatic carbocycles. The smallest absolute Gasteiger partial charge is 0.247 e. The first kappa shape index (κ1) is 18.3. The van der Waals surface area contributed by atoms with Crippen molar-refractivity contribution in [1.82, 2.24) is 9.80 Å². The van der Waals surface area contributed by atoms with Gasteiger partial charge in [0, 0.05) is 58.4 Å². The lowest BCUT2D eigenvalue weighted by Gasteiger charge is -2.34. The summed E-state index contributed by atoms with van der Waals surface area (Å²) in [5.74, 6) is 0.412. The minimum atomic E-state index is -0.234. The lowest BCUT2D eigenvalue weighted by molar-refractivity contribution is -0.111. The van der Waals surface area contributed by atoms with Crippen LogP contribution in [0, 0.1) is 6.07 Å². The highest BCUT2D eigenvalue weighted by molar-refractivity contribution is 6.01. The average Bonchev–Trinajstić information content (AvgIpc) is 2.61. The van der Waals surface area contributed by atoms with Gasteiger partial charge in [0.05, 0.1) is 18.5 Å². The van der Waals surface area contributed by atoms with E-state index in [1.54, 1.807) is 13.2 Å². The van der Waals surface area contributed by atoms with Gasteiger partial charge in [-0.2, -0.15) is 0 Å². The van der Waals surface area contributed by atoms with Gasteiger partial charge in [-0.1, -0.05) is 6.58 Å². The number of hydrogen-bond acceptors (Lipinski definition) is 5. The molecule has 6 nitrogen and oxygen atoms in total. The van der Waals surface area contributed by atoms with Gasteiger partial charge in [-0.05, 0) is 19.2 Å². The maximum atomic E-state index is 11.6. The Hall–Kier alpha value is -2.05. The van der Waals surface area contributed by atoms with Crippen molar-refractivity contribution in [3.8, 4) is 5.75 Å². The van der Waals surface area contributed by atoms with Crippen LogP contribution in [-0.4, -0.2) is 76.2 Å². The van der Waals surface area contributed by atoms with Crippen LogP contribution >= 0.6 is 0 Å². The SMILES string of the molecule is C=CC(=O)Nc1c[c]c(OC)cc1N(C)CCN1CCN(C)CC1. The lowest BCUT2D eigenvalue weighted by Crippen LogP contribution is -2.46. The number of nitrogens with zero attached hydrogens (tertiary/aromatic N) is 3. The minimum absolute atomic E-state index is 0.234. The molecule has 2 rings (SSSR count). The topological polar surface area (TPSA) is 48.1 Å². The molecule has 1 N–H and O–H groups in total. The summed E-state index contributed by atoms with van der Waals surface area (Å²) in [4.78, 5) is 18.6. The van der Waals surface area contributed by atoms with Crippen LogP contribution in [0.5, 0.6) is 5.75 Å². The zero-order valence-corrected chi connectivity index (χ0v) is 14.8. The molecule has 24 heavy (non-hydrogen) atoms. The highest BCUT2D eigenvalue weighted by Crippen LogP contribution is 2.29. The Balaban J connectivity index is 2.04. The van der Waals surface area contributed by atoms with E-state index in [1.165, 1.54) is 6.08 Å². The van der Waals surface area contributed by atoms with Crippen LogP contribution in [0.1, 0.15) is 0 Å². The molecule has 1 radical (unpaired) electrons. The van der Waals surface area contributed by atoms with Gasteiger partial charge in [0.1, 0.15) is 5.75 Å². The van der Waals surface area contributed by atoms with Gasteiger partial charge in [0.25, 0.3) is 0 Å². The zero-order chi connectivity index (χ0) is 17.5. The van der Waals surface area contributed by atoms with Crippen LogP contribution in [0.25, 0.3) is 0 Å². The standard InChI is InChI=1S/C18H27N4O2/c1-5-18(23)19-16-7-6-15(24-4)14-17(16)21(3)10-13-22-11-8-20(2)9-12-22/h5,7,14H,1,8-13H2,2-4H3,(H,19,23). The van der Waals surface area contributed by atoms with E-state index in [-0.39, 0.29) is 5.91 Å². The third-order valence-electron chi connectivity index (χ3n) is 4.32. The fourth-order valence-electron chi connectivity index (χ4n) is 2.66. The van der Waals surface area contributed by atoms with E-state index in [4.69, 9.17) is 4.74 Å². The van der Waals surface area contributed by atoms with E-state index in [0.717, 1.165) is 45.0 Å². The molecule has 0 bridgehead atoms. The molecule has 1 fully saturated rings. The Labute approximate surface area is 144 Å². The van der Waals surface area contributed by atoms with E-state index in [1.807, 2.05) is 13.1 Å². The normalized spacial score (nSPS) is 15.8. The molecule has 1 heterocycles. The predicted molar refractivity (Wildman–Crippen MR) is 97.9 cm³/mol. The number of nitrogens with one attached hydrogen (secondary N) is 1. The fourth-order valence-corrected chi connectivity index (χ4v) is 2.66. The number of methoxy groups -OCH3 is 1. The molecule has 0 aliphatic carbocycles. The minimum Gasteiger partial charge on any atom is -0.496 e. The molecule has 0 spiro atoms. The van der Waals surface area contributed by atoms with Crippen molar-refractivity contribution >= 4 is 17.3 Å². The van der Waals surface area contributed by atoms with Crippen molar-refractivity contribution in [1.29, 1.82) is 0 Å². The summed E-state index contributed by atoms with van der Waals surface area (Å²) in [6, 6.07) is 6.64. The monoisotopic (exact) mass is 331 g/mol. The Morgan fingerprint density at radius 1 is 1.46 bits per heavy atom. The number of piperazine rings is 1. The van der Waals surface area contributed by atoms with Crippen molar-refractivity contribution in [2.45, 2.75) is 0 Å². The predicted octanol–water partition coefficient (Wildman–Crippen LogP) is 1.30. The van der Waals surface area contributed by atoms with Crippen LogP contribution in [0.2, 0.25) is 0 Å². The van der Waals surface area contributed by atoms with Gasteiger partial charge in [0.2, 0.25) is 5.91 Å². The number of carbonyl (C=O) groups excluding carboxylic acids is 1. The summed E-state index contributed by atoms with van der Waals surface area (Å²) < 4.78 is 5.27. The molecule has 1 aliphatic heterocycles. The van der Waals surface area contributed by atoms with E-state index < -0.39 is 0 Å². The first-order chi connectivity index (χ1) is 11.5. The Bertz CT molecular complexity index is 568. The molecule has 0 atom stereocenters. The Morgan fingerprint density at radius 2 is 2.17 bits per heavy atom. The molecule has 1 aliphatic rings. The van der Waals surface area contributed by atoms with Gasteiger partial charge in [0.15, 0.2) is 0 Å². The molecule has 1 amide bonds. The van der Waals surface area contributed by atoms with E-state index >= 15 is 0 Å². The molecule has 0 saturated carbocycles. The Morgan fingerprint density at radius 3 is 2.79 bits per heavy atom. The molecular formula is C18H27N4O2. The number of rotatable bonds is 7. The highest BCUT2D eigenvalue weighted by atomic mass is 16.5. The van der Waals surface area contributed by atoms with Crippen molar-refractivity contribution in [2.75, 3.05) is 70.7 Å². The molecule has 131 valence electrons. The second-order valence-corrected chi connectivity index (χ2v) is 6.06. The molecular weight excluding hydrogens is 304 g/mol. The molecule has 0 aromatic heterocycles. The summed E-state index contributed by atoms with van der Waals surface area (Å²) in [6.45, 7) is 9.76. The zero-order valence-electron chi connectivity index (χ0n) is 14.8. The number of likely N-dealkylation sites (N-methyl/N-ethyl adjacent to an activating group) is 2. The summed E-state index contributed by atoms with van der Waals surface area (Å²) in [5.41, 5.74) is 1.62. The van der Waals surface area contributed by atoms with Crippen molar-refractivity contribution in [2.24, 2.45) is 0 Å². The van der Waals surface area contributed by atoms with Gasteiger partial charge in [-0.3, -0.25) is 9.69 Å². The first-order valence-corrected chi connectivity index (χ1v) is 8.18. The van der Waals surface area contributed by atoms with Gasteiger partial charge in [-0.25, -0.2) is 0 Å². The lowest BCUT2D eigenvalue weighted by atomic mass is 10.2. The summed E-state index contributed by atoms with van der Waals surface area (Å²) in [5, 5.41) is 2.83. The number of amides is 1. The van der Waals surface area contributed by atoms with Crippen LogP contribution in [0.3, 0.4) is 0 Å². The summed E-state index contributed by atoms with van der Waals surface area (Å²) >= 11 is 0. The van der Waals surface area contributed by atoms with E-state index in [9.17, 15) is 4.79 Å². The van der Waals surface area contributed by atoms with Gasteiger partial charge >= 0.3 is 0 Å². The van der Waals surface area contributed by atoms with Crippen LogP contribution < -0.4 is 15.0 Å². The first-order valence-electron chi connectivity index (χ1n) is 8.18. The average molecular weight is 331 g/mol. The number of anilines is 2. The quantitative estimate of drug-likeness (QED) is 0.763. The molecule has 1 saturated heterocycles. The Kier molecular flexibility index (Phi) is 6.63. The number of hydrogen-bond donors (Lipinski definition) is 1. The summed E-state index contributed by atoms with van der Waals surface area (Å²) in [6.07, 6.45) is 1.26. The number of carbonyl (C=O) groups is 1. The van der Waals surface area contributed by atoms with E-state index in [0.29, 0.717) is 11.4 Å². The van der Waals surface area contributed by atoms with Gasteiger partial charge in [-0.15, -0.1) is 0 Å². The van der Waals surface area contributed by atoms with Crippen molar-refractivity contribution in [3.63, 3.8) is 0 Å². The van der Waals surface area contributed by atoms with Gasteiger partial charge < -0.3 is 19.9 Å².